The van der Waals surface area contributed by atoms with Crippen molar-refractivity contribution in [3.8, 4) is 0 Å². The van der Waals surface area contributed by atoms with Crippen molar-refractivity contribution < 1.29 is 4.79 Å². The van der Waals surface area contributed by atoms with E-state index in [1.807, 2.05) is 12.2 Å². The number of hydrogen-bond donors (Lipinski definition) is 1. The molecule has 0 rings (SSSR count). The quantitative estimate of drug-likeness (QED) is 0.241. The molecule has 0 atom stereocenters. The summed E-state index contributed by atoms with van der Waals surface area (Å²) in [6, 6.07) is 0. The Morgan fingerprint density at radius 2 is 1.24 bits per heavy atom. The molecule has 0 spiro atoms. The summed E-state index contributed by atoms with van der Waals surface area (Å²) in [5.41, 5.74) is 0.255. The first kappa shape index (κ1) is 20.1. The van der Waals surface area contributed by atoms with Crippen LogP contribution in [0.2, 0.25) is 0 Å². The van der Waals surface area contributed by atoms with Crippen LogP contribution in [0, 0.1) is 0 Å². The van der Waals surface area contributed by atoms with Crippen LogP contribution >= 0.6 is 0 Å². The van der Waals surface area contributed by atoms with E-state index in [4.69, 9.17) is 0 Å². The lowest BCUT2D eigenvalue weighted by atomic mass is 9.82. The van der Waals surface area contributed by atoms with Crippen molar-refractivity contribution in [2.75, 3.05) is 7.05 Å². The molecule has 0 heterocycles. The maximum absolute atomic E-state index is 10.5. The van der Waals surface area contributed by atoms with Gasteiger partial charge in [-0.05, 0) is 58.4 Å². The van der Waals surface area contributed by atoms with Crippen molar-refractivity contribution in [3.05, 3.63) is 25.3 Å². The highest BCUT2D eigenvalue weighted by Crippen LogP contribution is 2.28. The third kappa shape index (κ3) is 10.5. The maximum Gasteiger partial charge on any atom is 0.119 e. The zero-order chi connectivity index (χ0) is 15.8. The van der Waals surface area contributed by atoms with Crippen molar-refractivity contribution in [1.29, 1.82) is 0 Å². The van der Waals surface area contributed by atoms with E-state index in [9.17, 15) is 4.79 Å². The highest BCUT2D eigenvalue weighted by Gasteiger charge is 2.26. The molecule has 0 aliphatic rings. The van der Waals surface area contributed by atoms with Crippen LogP contribution in [0.15, 0.2) is 25.3 Å². The molecule has 0 bridgehead atoms. The Labute approximate surface area is 132 Å². The molecule has 0 aliphatic heterocycles. The van der Waals surface area contributed by atoms with Crippen LogP contribution in [0.3, 0.4) is 0 Å². The summed E-state index contributed by atoms with van der Waals surface area (Å²) in [6.07, 6.45) is 18.7. The van der Waals surface area contributed by atoms with E-state index in [0.29, 0.717) is 6.42 Å². The molecule has 0 saturated carbocycles. The second kappa shape index (κ2) is 14.1. The third-order valence-electron chi connectivity index (χ3n) is 4.38. The fourth-order valence-corrected chi connectivity index (χ4v) is 2.95. The van der Waals surface area contributed by atoms with Gasteiger partial charge in [-0.3, -0.25) is 0 Å². The molecule has 2 heteroatoms. The summed E-state index contributed by atoms with van der Waals surface area (Å²) in [7, 11) is 2.10. The van der Waals surface area contributed by atoms with Crippen molar-refractivity contribution in [2.45, 2.75) is 82.6 Å². The average Bonchev–Trinajstić information content (AvgIpc) is 2.51. The molecule has 0 fully saturated rings. The fraction of sp³-hybridized carbons (Fsp3) is 0.737. The molecular formula is C19H35NO. The summed E-state index contributed by atoms with van der Waals surface area (Å²) in [4.78, 5) is 10.5. The molecule has 0 aliphatic carbocycles. The van der Waals surface area contributed by atoms with Crippen LogP contribution < -0.4 is 5.32 Å². The highest BCUT2D eigenvalue weighted by atomic mass is 16.1. The predicted molar refractivity (Wildman–Crippen MR) is 93.7 cm³/mol. The Balaban J connectivity index is 4.31. The van der Waals surface area contributed by atoms with Gasteiger partial charge in [0.15, 0.2) is 0 Å². The van der Waals surface area contributed by atoms with E-state index < -0.39 is 0 Å². The molecule has 0 aromatic carbocycles. The lowest BCUT2D eigenvalue weighted by Gasteiger charge is -2.34. The number of nitrogens with one attached hydrogen (secondary N) is 1. The Morgan fingerprint density at radius 1 is 0.810 bits per heavy atom. The van der Waals surface area contributed by atoms with Gasteiger partial charge in [0.05, 0.1) is 0 Å². The third-order valence-corrected chi connectivity index (χ3v) is 4.38. The van der Waals surface area contributed by atoms with Crippen molar-refractivity contribution in [1.82, 2.24) is 5.32 Å². The monoisotopic (exact) mass is 293 g/mol. The molecular weight excluding hydrogens is 258 g/mol. The molecule has 0 aromatic rings. The van der Waals surface area contributed by atoms with Gasteiger partial charge in [0.1, 0.15) is 6.29 Å². The summed E-state index contributed by atoms with van der Waals surface area (Å²) < 4.78 is 0. The van der Waals surface area contributed by atoms with Gasteiger partial charge in [-0.15, -0.1) is 13.2 Å². The highest BCUT2D eigenvalue weighted by molar-refractivity contribution is 5.48. The van der Waals surface area contributed by atoms with Crippen LogP contribution in [-0.4, -0.2) is 18.9 Å². The summed E-state index contributed by atoms with van der Waals surface area (Å²) in [5, 5.41) is 3.61. The van der Waals surface area contributed by atoms with Crippen LogP contribution in [0.5, 0.6) is 0 Å². The van der Waals surface area contributed by atoms with Gasteiger partial charge in [0, 0.05) is 12.0 Å². The number of carbonyl (C=O) groups is 1. The number of unbranched alkanes of at least 4 members (excludes halogenated alkanes) is 6. The molecule has 0 aromatic heterocycles. The topological polar surface area (TPSA) is 29.1 Å². The van der Waals surface area contributed by atoms with Crippen molar-refractivity contribution >= 4 is 6.29 Å². The van der Waals surface area contributed by atoms with Gasteiger partial charge < -0.3 is 10.1 Å². The van der Waals surface area contributed by atoms with Gasteiger partial charge in [-0.25, -0.2) is 0 Å². The van der Waals surface area contributed by atoms with E-state index >= 15 is 0 Å². The van der Waals surface area contributed by atoms with Crippen LogP contribution in [0.25, 0.3) is 0 Å². The van der Waals surface area contributed by atoms with Crippen LogP contribution in [0.1, 0.15) is 77.0 Å². The minimum atomic E-state index is 0.255. The first-order chi connectivity index (χ1) is 10.2. The van der Waals surface area contributed by atoms with Gasteiger partial charge in [0.2, 0.25) is 0 Å². The average molecular weight is 293 g/mol. The zero-order valence-electron chi connectivity index (χ0n) is 14.0. The predicted octanol–water partition coefficient (Wildman–Crippen LogP) is 5.20. The maximum atomic E-state index is 10.5. The Morgan fingerprint density at radius 3 is 1.57 bits per heavy atom. The van der Waals surface area contributed by atoms with Gasteiger partial charge in [0.25, 0.3) is 0 Å². The first-order valence-electron chi connectivity index (χ1n) is 8.59. The largest absolute Gasteiger partial charge is 0.314 e. The van der Waals surface area contributed by atoms with E-state index in [1.165, 1.54) is 44.9 Å². The minimum Gasteiger partial charge on any atom is -0.314 e. The molecule has 0 radical (unpaired) electrons. The molecule has 2 nitrogen and oxygen atoms in total. The number of aldehydes is 1. The molecule has 0 unspecified atom stereocenters. The zero-order valence-corrected chi connectivity index (χ0v) is 14.0. The van der Waals surface area contributed by atoms with Gasteiger partial charge in [-0.2, -0.15) is 0 Å². The molecule has 0 amide bonds. The molecule has 21 heavy (non-hydrogen) atoms. The number of carbonyl (C=O) groups excluding carboxylic acids is 1. The molecule has 122 valence electrons. The van der Waals surface area contributed by atoms with Crippen LogP contribution in [0.4, 0.5) is 0 Å². The Bertz CT molecular complexity index is 232. The normalized spacial score (nSPS) is 11.3. The summed E-state index contributed by atoms with van der Waals surface area (Å²) >= 11 is 0. The smallest absolute Gasteiger partial charge is 0.119 e. The lowest BCUT2D eigenvalue weighted by Crippen LogP contribution is -2.43. The molecule has 0 saturated heterocycles. The van der Waals surface area contributed by atoms with E-state index in [1.54, 1.807) is 0 Å². The minimum absolute atomic E-state index is 0.255. The number of allylic oxidation sites excluding steroid dienone is 2. The molecule has 1 N–H and O–H groups in total. The second-order valence-corrected chi connectivity index (χ2v) is 6.01. The Hall–Kier alpha value is -0.890. The second-order valence-electron chi connectivity index (χ2n) is 6.01. The van der Waals surface area contributed by atoms with Crippen molar-refractivity contribution in [3.63, 3.8) is 0 Å². The summed E-state index contributed by atoms with van der Waals surface area (Å²) in [6.45, 7) is 7.59. The summed E-state index contributed by atoms with van der Waals surface area (Å²) in [5.74, 6) is 0. The van der Waals surface area contributed by atoms with Gasteiger partial charge >= 0.3 is 0 Å². The SMILES string of the molecule is C=CCCCCC(CCCCC=C)(CCCCC=O)NC. The first-order valence-corrected chi connectivity index (χ1v) is 8.59. The van der Waals surface area contributed by atoms with Gasteiger partial charge in [-0.1, -0.05) is 31.4 Å². The number of hydrogen-bond acceptors (Lipinski definition) is 2. The fourth-order valence-electron chi connectivity index (χ4n) is 2.95. The Kier molecular flexibility index (Phi) is 13.5. The standard InChI is InChI=1S/C19H35NO/c1-4-6-8-11-15-19(20-3,16-12-9-7-5-2)17-13-10-14-18-21/h4-5,18,20H,1-2,6-17H2,3H3. The van der Waals surface area contributed by atoms with Crippen LogP contribution in [-0.2, 0) is 4.79 Å². The lowest BCUT2D eigenvalue weighted by molar-refractivity contribution is -0.107. The van der Waals surface area contributed by atoms with E-state index in [-0.39, 0.29) is 5.54 Å². The van der Waals surface area contributed by atoms with E-state index in [0.717, 1.165) is 32.0 Å². The van der Waals surface area contributed by atoms with Crippen molar-refractivity contribution in [2.24, 2.45) is 0 Å². The number of rotatable bonds is 16. The van der Waals surface area contributed by atoms with E-state index in [2.05, 4.69) is 25.5 Å².